The fraction of sp³-hybridized carbons (Fsp3) is 0.370. The summed E-state index contributed by atoms with van der Waals surface area (Å²) >= 11 is 13.5. The number of benzene rings is 5. The summed E-state index contributed by atoms with van der Waals surface area (Å²) in [6.07, 6.45) is 5.62. The number of fused-ring (bicyclic) bond motifs is 1. The number of halogens is 2. The second-order valence-corrected chi connectivity index (χ2v) is 17.8. The summed E-state index contributed by atoms with van der Waals surface area (Å²) in [6.45, 7) is 7.69. The zero-order valence-corrected chi connectivity index (χ0v) is 36.8. The van der Waals surface area contributed by atoms with Gasteiger partial charge in [-0.1, -0.05) is 94.6 Å². The maximum Gasteiger partial charge on any atom is 0.411 e. The number of carbonyl (C=O) groups is 1. The fourth-order valence-electron chi connectivity index (χ4n) is 7.46. The Morgan fingerprint density at radius 3 is 2.53 bits per heavy atom. The largest absolute Gasteiger partial charge is 0.496 e. The Balaban J connectivity index is 0.000000196. The fourth-order valence-corrected chi connectivity index (χ4v) is 10.4. The molecule has 2 heterocycles. The molecule has 0 aliphatic carbocycles. The van der Waals surface area contributed by atoms with Crippen LogP contribution in [-0.2, 0) is 22.8 Å². The number of nitrogens with zero attached hydrogens (tertiary/aromatic N) is 2. The van der Waals surface area contributed by atoms with Gasteiger partial charge in [0.25, 0.3) is 0 Å². The van der Waals surface area contributed by atoms with Crippen LogP contribution in [0.4, 0.5) is 10.5 Å². The number of aliphatic hydroxyl groups excluding tert-OH is 1. The number of ether oxygens (including phenoxy) is 2. The normalized spacial score (nSPS) is 15.9. The molecule has 302 valence electrons. The highest BCUT2D eigenvalue weighted by Crippen LogP contribution is 2.37. The summed E-state index contributed by atoms with van der Waals surface area (Å²) in [5.41, 5.74) is 5.77. The number of methoxy groups -OCH3 is 1. The van der Waals surface area contributed by atoms with Gasteiger partial charge < -0.3 is 14.6 Å². The van der Waals surface area contributed by atoms with Gasteiger partial charge in [0.1, 0.15) is 12.4 Å². The van der Waals surface area contributed by atoms with E-state index >= 15 is 0 Å². The predicted molar refractivity (Wildman–Crippen MR) is 242 cm³/mol. The molecule has 5 aromatic rings. The van der Waals surface area contributed by atoms with E-state index in [0.717, 1.165) is 93.4 Å². The highest BCUT2D eigenvalue weighted by Gasteiger charge is 2.25. The first-order valence-electron chi connectivity index (χ1n) is 19.8. The van der Waals surface area contributed by atoms with Crippen molar-refractivity contribution in [2.75, 3.05) is 51.8 Å². The first kappa shape index (κ1) is 43.4. The summed E-state index contributed by atoms with van der Waals surface area (Å²) in [5.74, 6) is 2.51. The van der Waals surface area contributed by atoms with Crippen molar-refractivity contribution in [1.29, 1.82) is 0 Å². The second kappa shape index (κ2) is 22.2. The van der Waals surface area contributed by atoms with Gasteiger partial charge in [0, 0.05) is 50.5 Å². The van der Waals surface area contributed by atoms with Gasteiger partial charge in [-0.2, -0.15) is 0 Å². The number of piperidine rings is 1. The Labute approximate surface area is 360 Å². The molecule has 0 aromatic heterocycles. The molecule has 0 saturated carbocycles. The second-order valence-electron chi connectivity index (χ2n) is 14.5. The third kappa shape index (κ3) is 12.4. The smallest absolute Gasteiger partial charge is 0.411 e. The minimum atomic E-state index is -0.383. The van der Waals surface area contributed by atoms with Crippen molar-refractivity contribution in [3.63, 3.8) is 0 Å². The molecule has 7 rings (SSSR count). The lowest BCUT2D eigenvalue weighted by Crippen LogP contribution is -2.33. The Morgan fingerprint density at radius 1 is 0.895 bits per heavy atom. The number of carbonyl (C=O) groups excluding carboxylic acids is 1. The number of amides is 1. The van der Waals surface area contributed by atoms with Crippen LogP contribution in [0.3, 0.4) is 0 Å². The average molecular weight is 891 g/mol. The number of para-hydroxylation sites is 1. The number of likely N-dealkylation sites (tertiary alicyclic amines) is 2. The lowest BCUT2D eigenvalue weighted by atomic mass is 10.0. The van der Waals surface area contributed by atoms with E-state index in [0.29, 0.717) is 6.61 Å². The zero-order valence-electron chi connectivity index (χ0n) is 32.9. The number of hydrogen-bond donors (Lipinski definition) is 2. The van der Waals surface area contributed by atoms with Crippen LogP contribution >= 0.6 is 51.1 Å². The maximum atomic E-state index is 12.3. The summed E-state index contributed by atoms with van der Waals surface area (Å²) in [7, 11) is 1.70. The van der Waals surface area contributed by atoms with Gasteiger partial charge in [-0.25, -0.2) is 4.79 Å². The zero-order chi connectivity index (χ0) is 40.0. The molecule has 57 heavy (non-hydrogen) atoms. The van der Waals surface area contributed by atoms with Gasteiger partial charge >= 0.3 is 6.09 Å². The lowest BCUT2D eigenvalue weighted by molar-refractivity contribution is 0.131. The third-order valence-corrected chi connectivity index (χ3v) is 13.9. The van der Waals surface area contributed by atoms with Crippen molar-refractivity contribution in [2.45, 2.75) is 72.9 Å². The molecule has 2 fully saturated rings. The first-order valence-corrected chi connectivity index (χ1v) is 22.9. The molecule has 5 aromatic carbocycles. The molecule has 2 saturated heterocycles. The van der Waals surface area contributed by atoms with E-state index in [1.165, 1.54) is 46.7 Å². The van der Waals surface area contributed by atoms with Crippen LogP contribution in [0.15, 0.2) is 111 Å². The number of hydrogen-bond acceptors (Lipinski definition) is 8. The first-order chi connectivity index (χ1) is 27.8. The van der Waals surface area contributed by atoms with E-state index in [-0.39, 0.29) is 18.7 Å². The van der Waals surface area contributed by atoms with Gasteiger partial charge in [0.15, 0.2) is 0 Å². The van der Waals surface area contributed by atoms with E-state index in [2.05, 4.69) is 92.6 Å². The topological polar surface area (TPSA) is 74.3 Å². The number of thioether (sulfide) groups is 2. The molecule has 11 heteroatoms. The number of aliphatic hydroxyl groups is 1. The molecule has 1 amide bonds. The average Bonchev–Trinajstić information content (AvgIpc) is 3.68. The van der Waals surface area contributed by atoms with E-state index in [1.54, 1.807) is 30.6 Å². The Kier molecular flexibility index (Phi) is 16.9. The summed E-state index contributed by atoms with van der Waals surface area (Å²) in [5, 5.41) is 15.8. The van der Waals surface area contributed by atoms with Crippen molar-refractivity contribution in [3.05, 3.63) is 129 Å². The van der Waals surface area contributed by atoms with Gasteiger partial charge in [0.05, 0.1) is 24.4 Å². The van der Waals surface area contributed by atoms with Crippen LogP contribution in [0, 0.1) is 6.92 Å². The summed E-state index contributed by atoms with van der Waals surface area (Å²) in [4.78, 5) is 19.2. The molecule has 2 aliphatic heterocycles. The van der Waals surface area contributed by atoms with Gasteiger partial charge in [-0.3, -0.25) is 15.1 Å². The van der Waals surface area contributed by atoms with Crippen molar-refractivity contribution >= 4 is 73.6 Å². The van der Waals surface area contributed by atoms with Gasteiger partial charge in [-0.15, -0.1) is 23.5 Å². The quantitative estimate of drug-likeness (QED) is 0.107. The highest BCUT2D eigenvalue weighted by atomic mass is 79.9. The summed E-state index contributed by atoms with van der Waals surface area (Å²) < 4.78 is 12.0. The lowest BCUT2D eigenvalue weighted by Gasteiger charge is -2.25. The Morgan fingerprint density at radius 2 is 1.70 bits per heavy atom. The van der Waals surface area contributed by atoms with Gasteiger partial charge in [0.2, 0.25) is 0 Å². The van der Waals surface area contributed by atoms with Crippen LogP contribution in [0.25, 0.3) is 10.8 Å². The number of aryl methyl sites for hydroxylation is 1. The van der Waals surface area contributed by atoms with Crippen LogP contribution in [0.1, 0.15) is 54.4 Å². The van der Waals surface area contributed by atoms with E-state index < -0.39 is 0 Å². The van der Waals surface area contributed by atoms with Crippen LogP contribution < -0.4 is 10.1 Å². The van der Waals surface area contributed by atoms with Crippen molar-refractivity contribution < 1.29 is 19.4 Å². The van der Waals surface area contributed by atoms with Crippen LogP contribution in [0.2, 0.25) is 5.02 Å². The number of anilines is 1. The number of nitrogens with one attached hydrogen (secondary N) is 1. The predicted octanol–water partition coefficient (Wildman–Crippen LogP) is 11.8. The van der Waals surface area contributed by atoms with Crippen LogP contribution in [0.5, 0.6) is 5.75 Å². The summed E-state index contributed by atoms with van der Waals surface area (Å²) in [6, 6.07) is 33.2. The molecule has 0 spiro atoms. The minimum Gasteiger partial charge on any atom is -0.496 e. The van der Waals surface area contributed by atoms with Crippen molar-refractivity contribution in [3.8, 4) is 5.75 Å². The number of rotatable bonds is 14. The Bertz CT molecular complexity index is 2080. The molecule has 2 aliphatic rings. The molecule has 2 N–H and O–H groups in total. The standard InChI is InChI=1S/C26H30N2O2S.C20H23BrClNO2S/c1-20-13-14-21-9-3-4-10-22(21)23(20)19-31-25-12-6-5-11-24(25)27-26(29)30-18-17-28-15-7-2-8-16-28;1-25-19-8-7-16(21)10-15(19)13-26-20-14(4-2-6-18(20)22)11-23-9-3-5-17(23)12-24/h3-6,9-14H,2,7-8,15-19H2,1H3,(H,27,29);2,4,6-8,10,17,24H,3,5,9,11-13H2,1H3. The maximum absolute atomic E-state index is 12.3. The van der Waals surface area contributed by atoms with Crippen molar-refractivity contribution in [1.82, 2.24) is 9.80 Å². The van der Waals surface area contributed by atoms with Crippen LogP contribution in [-0.4, -0.2) is 73.5 Å². The SMILES string of the molecule is COc1ccc(Br)cc1CSc1c(Cl)cccc1CN1CCCC1CO.Cc1ccc2ccccc2c1CSc1ccccc1NC(=O)OCCN1CCCCC1. The van der Waals surface area contributed by atoms with Crippen molar-refractivity contribution in [2.24, 2.45) is 0 Å². The molecule has 7 nitrogen and oxygen atoms in total. The minimum absolute atomic E-state index is 0.221. The molecular weight excluding hydrogens is 838 g/mol. The molecule has 0 radical (unpaired) electrons. The highest BCUT2D eigenvalue weighted by molar-refractivity contribution is 9.10. The van der Waals surface area contributed by atoms with Gasteiger partial charge in [-0.05, 0) is 116 Å². The van der Waals surface area contributed by atoms with E-state index in [1.807, 2.05) is 42.5 Å². The molecule has 0 bridgehead atoms. The third-order valence-electron chi connectivity index (χ3n) is 10.6. The monoisotopic (exact) mass is 889 g/mol. The molecular formula is C46H53BrClN3O4S2. The molecule has 1 atom stereocenters. The Hall–Kier alpha value is -3.22. The van der Waals surface area contributed by atoms with E-state index in [9.17, 15) is 9.90 Å². The molecule has 1 unspecified atom stereocenters. The van der Waals surface area contributed by atoms with E-state index in [4.69, 9.17) is 21.1 Å².